The fourth-order valence-corrected chi connectivity index (χ4v) is 5.40. The molecule has 36 heavy (non-hydrogen) atoms. The van der Waals surface area contributed by atoms with E-state index in [-0.39, 0.29) is 34.9 Å². The third-order valence-electron chi connectivity index (χ3n) is 7.63. The Bertz CT molecular complexity index is 1310. The van der Waals surface area contributed by atoms with Gasteiger partial charge in [0.15, 0.2) is 0 Å². The summed E-state index contributed by atoms with van der Waals surface area (Å²) in [7, 11) is 0. The van der Waals surface area contributed by atoms with Crippen LogP contribution in [0.15, 0.2) is 65.2 Å². The van der Waals surface area contributed by atoms with E-state index in [0.717, 1.165) is 30.5 Å². The molecule has 2 aromatic carbocycles. The van der Waals surface area contributed by atoms with Crippen LogP contribution in [0, 0.1) is 11.3 Å². The van der Waals surface area contributed by atoms with Crippen LogP contribution < -0.4 is 15.5 Å². The standard InChI is InChI=1S/C27H27N5O4/c33-24(29-19-7-4-8-20(15-19)32-14-11-28-26(32)35)21-17-27(21)9-12-31(13-10-27)25(34)23-16-22(30-36-23)18-5-2-1-3-6-18/h1-8,15-16,21H,9-14,17H2,(H,28,35)(H,29,33). The van der Waals surface area contributed by atoms with Gasteiger partial charge in [-0.05, 0) is 42.9 Å². The zero-order valence-corrected chi connectivity index (χ0v) is 19.8. The molecule has 3 aromatic rings. The number of hydrogen-bond donors (Lipinski definition) is 2. The van der Waals surface area contributed by atoms with Crippen LogP contribution in [0.3, 0.4) is 0 Å². The van der Waals surface area contributed by atoms with Gasteiger partial charge in [0.05, 0.1) is 0 Å². The smallest absolute Gasteiger partial charge is 0.321 e. The molecule has 0 radical (unpaired) electrons. The zero-order chi connectivity index (χ0) is 24.7. The van der Waals surface area contributed by atoms with Crippen LogP contribution in [-0.4, -0.2) is 54.1 Å². The highest BCUT2D eigenvalue weighted by Crippen LogP contribution is 2.59. The van der Waals surface area contributed by atoms with Gasteiger partial charge in [-0.1, -0.05) is 41.6 Å². The number of piperidine rings is 1. The number of aromatic nitrogens is 1. The summed E-state index contributed by atoms with van der Waals surface area (Å²) in [4.78, 5) is 41.4. The molecular weight excluding hydrogens is 458 g/mol. The SMILES string of the molecule is O=C(Nc1cccc(N2CCNC2=O)c1)C1CC12CCN(C(=O)c1cc(-c3ccccc3)no1)CC2. The van der Waals surface area contributed by atoms with E-state index in [0.29, 0.717) is 37.6 Å². The van der Waals surface area contributed by atoms with Gasteiger partial charge in [-0.3, -0.25) is 14.5 Å². The molecule has 2 N–H and O–H groups in total. The summed E-state index contributed by atoms with van der Waals surface area (Å²) in [6.45, 7) is 2.40. The third-order valence-corrected chi connectivity index (χ3v) is 7.63. The highest BCUT2D eigenvalue weighted by Gasteiger charge is 2.58. The summed E-state index contributed by atoms with van der Waals surface area (Å²) >= 11 is 0. The average molecular weight is 486 g/mol. The number of urea groups is 1. The van der Waals surface area contributed by atoms with Gasteiger partial charge in [0.25, 0.3) is 5.91 Å². The molecule has 1 unspecified atom stereocenters. The highest BCUT2D eigenvalue weighted by molar-refractivity contribution is 5.98. The predicted molar refractivity (Wildman–Crippen MR) is 133 cm³/mol. The molecule has 1 spiro atoms. The molecule has 3 fully saturated rings. The number of nitrogens with one attached hydrogen (secondary N) is 2. The number of carbonyl (C=O) groups is 3. The first-order valence-corrected chi connectivity index (χ1v) is 12.3. The predicted octanol–water partition coefficient (Wildman–Crippen LogP) is 3.75. The Kier molecular flexibility index (Phi) is 5.47. The maximum absolute atomic E-state index is 13.0. The summed E-state index contributed by atoms with van der Waals surface area (Å²) in [5, 5.41) is 9.87. The Morgan fingerprint density at radius 2 is 1.83 bits per heavy atom. The number of anilines is 2. The number of rotatable bonds is 5. The quantitative estimate of drug-likeness (QED) is 0.572. The Hall–Kier alpha value is -4.14. The molecule has 0 bridgehead atoms. The first-order chi connectivity index (χ1) is 17.5. The van der Waals surface area contributed by atoms with Crippen molar-refractivity contribution in [1.82, 2.24) is 15.4 Å². The lowest BCUT2D eigenvalue weighted by Gasteiger charge is -2.32. The van der Waals surface area contributed by atoms with E-state index in [1.54, 1.807) is 15.9 Å². The van der Waals surface area contributed by atoms with Gasteiger partial charge in [0.2, 0.25) is 11.7 Å². The lowest BCUT2D eigenvalue weighted by atomic mass is 9.90. The summed E-state index contributed by atoms with van der Waals surface area (Å²) in [6, 6.07) is 18.6. The van der Waals surface area contributed by atoms with Crippen LogP contribution >= 0.6 is 0 Å². The lowest BCUT2D eigenvalue weighted by molar-refractivity contribution is -0.118. The van der Waals surface area contributed by atoms with Crippen LogP contribution in [0.1, 0.15) is 29.8 Å². The molecule has 1 atom stereocenters. The van der Waals surface area contributed by atoms with E-state index in [9.17, 15) is 14.4 Å². The number of amides is 4. The Labute approximate surface area is 208 Å². The molecule has 3 aliphatic rings. The van der Waals surface area contributed by atoms with Crippen LogP contribution in [0.25, 0.3) is 11.3 Å². The fraction of sp³-hybridized carbons (Fsp3) is 0.333. The Balaban J connectivity index is 1.04. The molecule has 1 aliphatic carbocycles. The van der Waals surface area contributed by atoms with Crippen molar-refractivity contribution in [3.8, 4) is 11.3 Å². The molecule has 184 valence electrons. The minimum atomic E-state index is -0.163. The van der Waals surface area contributed by atoms with Gasteiger partial charge in [-0.25, -0.2) is 4.79 Å². The Morgan fingerprint density at radius 1 is 1.03 bits per heavy atom. The van der Waals surface area contributed by atoms with Gasteiger partial charge in [-0.2, -0.15) is 0 Å². The summed E-state index contributed by atoms with van der Waals surface area (Å²) in [6.07, 6.45) is 2.39. The molecule has 3 heterocycles. The second-order valence-corrected chi connectivity index (χ2v) is 9.78. The summed E-state index contributed by atoms with van der Waals surface area (Å²) in [5.74, 6) is 0.00870. The van der Waals surface area contributed by atoms with Crippen LogP contribution in [-0.2, 0) is 4.79 Å². The van der Waals surface area contributed by atoms with E-state index in [4.69, 9.17) is 4.52 Å². The molecule has 9 nitrogen and oxygen atoms in total. The first-order valence-electron chi connectivity index (χ1n) is 12.3. The normalized spacial score (nSPS) is 20.3. The topological polar surface area (TPSA) is 108 Å². The second kappa shape index (κ2) is 8.82. The monoisotopic (exact) mass is 485 g/mol. The van der Waals surface area contributed by atoms with Gasteiger partial charge < -0.3 is 20.1 Å². The average Bonchev–Trinajstić information content (AvgIpc) is 3.23. The maximum Gasteiger partial charge on any atom is 0.321 e. The van der Waals surface area contributed by atoms with Gasteiger partial charge in [-0.15, -0.1) is 0 Å². The number of hydrogen-bond acceptors (Lipinski definition) is 5. The highest BCUT2D eigenvalue weighted by atomic mass is 16.5. The second-order valence-electron chi connectivity index (χ2n) is 9.78. The van der Waals surface area contributed by atoms with E-state index < -0.39 is 0 Å². The molecule has 4 amide bonds. The number of nitrogens with zero attached hydrogens (tertiary/aromatic N) is 3. The largest absolute Gasteiger partial charge is 0.350 e. The van der Waals surface area contributed by atoms with Crippen molar-refractivity contribution >= 4 is 29.2 Å². The molecule has 9 heteroatoms. The van der Waals surface area contributed by atoms with E-state index >= 15 is 0 Å². The Morgan fingerprint density at radius 3 is 2.58 bits per heavy atom. The molecule has 1 saturated carbocycles. The minimum absolute atomic E-state index is 0.000498. The van der Waals surface area contributed by atoms with Gasteiger partial charge in [0, 0.05) is 55.1 Å². The van der Waals surface area contributed by atoms with E-state index in [2.05, 4.69) is 15.8 Å². The van der Waals surface area contributed by atoms with Crippen molar-refractivity contribution in [3.05, 3.63) is 66.4 Å². The molecular formula is C27H27N5O4. The van der Waals surface area contributed by atoms with Crippen molar-refractivity contribution in [2.24, 2.45) is 11.3 Å². The lowest BCUT2D eigenvalue weighted by Crippen LogP contribution is -2.40. The zero-order valence-electron chi connectivity index (χ0n) is 19.8. The fourth-order valence-electron chi connectivity index (χ4n) is 5.40. The molecule has 2 saturated heterocycles. The summed E-state index contributed by atoms with van der Waals surface area (Å²) < 4.78 is 5.35. The molecule has 2 aliphatic heterocycles. The van der Waals surface area contributed by atoms with Gasteiger partial charge >= 0.3 is 6.03 Å². The summed E-state index contributed by atoms with van der Waals surface area (Å²) in [5.41, 5.74) is 2.94. The molecule has 1 aromatic heterocycles. The van der Waals surface area contributed by atoms with Crippen molar-refractivity contribution in [3.63, 3.8) is 0 Å². The number of benzene rings is 2. The van der Waals surface area contributed by atoms with Crippen LogP contribution in [0.5, 0.6) is 0 Å². The van der Waals surface area contributed by atoms with Gasteiger partial charge in [0.1, 0.15) is 5.69 Å². The van der Waals surface area contributed by atoms with Crippen molar-refractivity contribution in [1.29, 1.82) is 0 Å². The van der Waals surface area contributed by atoms with Crippen LogP contribution in [0.2, 0.25) is 0 Å². The van der Waals surface area contributed by atoms with Crippen LogP contribution in [0.4, 0.5) is 16.2 Å². The molecule has 6 rings (SSSR count). The third kappa shape index (κ3) is 4.10. The maximum atomic E-state index is 13.0. The number of likely N-dealkylation sites (tertiary alicyclic amines) is 1. The number of carbonyl (C=O) groups excluding carboxylic acids is 3. The van der Waals surface area contributed by atoms with E-state index in [1.165, 1.54) is 0 Å². The van der Waals surface area contributed by atoms with Crippen molar-refractivity contribution < 1.29 is 18.9 Å². The van der Waals surface area contributed by atoms with Crippen molar-refractivity contribution in [2.75, 3.05) is 36.4 Å². The van der Waals surface area contributed by atoms with E-state index in [1.807, 2.05) is 54.6 Å². The minimum Gasteiger partial charge on any atom is -0.350 e. The first kappa shape index (κ1) is 22.3. The van der Waals surface area contributed by atoms with Crippen molar-refractivity contribution in [2.45, 2.75) is 19.3 Å².